The number of allylic oxidation sites excluding steroid dienone is 9. The van der Waals surface area contributed by atoms with Gasteiger partial charge in [0.05, 0.1) is 0 Å². The van der Waals surface area contributed by atoms with Gasteiger partial charge >= 0.3 is 0 Å². The zero-order valence-electron chi connectivity index (χ0n) is 17.5. The highest BCUT2D eigenvalue weighted by Crippen LogP contribution is 2.31. The van der Waals surface area contributed by atoms with E-state index < -0.39 is 0 Å². The minimum Gasteiger partial charge on any atom is -0.0988 e. The summed E-state index contributed by atoms with van der Waals surface area (Å²) in [7, 11) is 0. The molecule has 0 bridgehead atoms. The van der Waals surface area contributed by atoms with E-state index in [1.807, 2.05) is 6.08 Å². The zero-order valence-corrected chi connectivity index (χ0v) is 17.5. The SMILES string of the molecule is C=CC(=CC=C(C)C)CC=C(C)CC(C)(C)CC=C(C)CC(C)C. The molecule has 0 aromatic rings. The summed E-state index contributed by atoms with van der Waals surface area (Å²) in [5.74, 6) is 0.746. The van der Waals surface area contributed by atoms with Crippen molar-refractivity contribution in [2.45, 2.75) is 81.1 Å². The third-order valence-corrected chi connectivity index (χ3v) is 4.07. The van der Waals surface area contributed by atoms with Gasteiger partial charge in [-0.1, -0.05) is 81.4 Å². The highest BCUT2D eigenvalue weighted by atomic mass is 14.2. The molecule has 0 heterocycles. The van der Waals surface area contributed by atoms with Crippen LogP contribution >= 0.6 is 0 Å². The van der Waals surface area contributed by atoms with Gasteiger partial charge in [0.2, 0.25) is 0 Å². The topological polar surface area (TPSA) is 0 Å². The zero-order chi connectivity index (χ0) is 18.8. The van der Waals surface area contributed by atoms with Crippen molar-refractivity contribution >= 4 is 0 Å². The fourth-order valence-corrected chi connectivity index (χ4v) is 2.86. The molecule has 0 aliphatic rings. The van der Waals surface area contributed by atoms with Crippen LogP contribution in [-0.2, 0) is 0 Å². The fourth-order valence-electron chi connectivity index (χ4n) is 2.86. The Hall–Kier alpha value is -1.30. The predicted octanol–water partition coefficient (Wildman–Crippen LogP) is 8.20. The summed E-state index contributed by atoms with van der Waals surface area (Å²) in [4.78, 5) is 0. The van der Waals surface area contributed by atoms with Crippen LogP contribution in [0.25, 0.3) is 0 Å². The highest BCUT2D eigenvalue weighted by molar-refractivity contribution is 5.26. The van der Waals surface area contributed by atoms with Crippen molar-refractivity contribution in [2.24, 2.45) is 11.3 Å². The van der Waals surface area contributed by atoms with Crippen molar-refractivity contribution in [3.63, 3.8) is 0 Å². The molecule has 0 aliphatic heterocycles. The van der Waals surface area contributed by atoms with Gasteiger partial charge in [-0.2, -0.15) is 0 Å². The van der Waals surface area contributed by atoms with Crippen LogP contribution in [0.2, 0.25) is 0 Å². The molecule has 0 N–H and O–H groups in total. The van der Waals surface area contributed by atoms with Gasteiger partial charge < -0.3 is 0 Å². The molecule has 0 aliphatic carbocycles. The lowest BCUT2D eigenvalue weighted by molar-refractivity contribution is 0.366. The van der Waals surface area contributed by atoms with Crippen LogP contribution in [0.5, 0.6) is 0 Å². The second kappa shape index (κ2) is 11.3. The lowest BCUT2D eigenvalue weighted by atomic mass is 9.81. The Bertz CT molecular complexity index is 500. The van der Waals surface area contributed by atoms with E-state index in [4.69, 9.17) is 0 Å². The highest BCUT2D eigenvalue weighted by Gasteiger charge is 2.17. The number of hydrogen-bond donors (Lipinski definition) is 0. The third kappa shape index (κ3) is 12.2. The van der Waals surface area contributed by atoms with Crippen molar-refractivity contribution in [1.29, 1.82) is 0 Å². The summed E-state index contributed by atoms with van der Waals surface area (Å²) in [6.07, 6.45) is 15.6. The summed E-state index contributed by atoms with van der Waals surface area (Å²) >= 11 is 0. The van der Waals surface area contributed by atoms with Gasteiger partial charge in [-0.05, 0) is 70.3 Å². The van der Waals surface area contributed by atoms with Crippen LogP contribution in [0.4, 0.5) is 0 Å². The Morgan fingerprint density at radius 1 is 0.958 bits per heavy atom. The second-order valence-corrected chi connectivity index (χ2v) is 8.64. The molecule has 0 aromatic heterocycles. The molecule has 0 amide bonds. The monoisotopic (exact) mass is 328 g/mol. The minimum atomic E-state index is 0.316. The molecule has 0 saturated carbocycles. The first kappa shape index (κ1) is 22.7. The van der Waals surface area contributed by atoms with Crippen LogP contribution in [0.15, 0.2) is 59.3 Å². The van der Waals surface area contributed by atoms with Crippen LogP contribution in [0, 0.1) is 11.3 Å². The number of rotatable bonds is 10. The van der Waals surface area contributed by atoms with Crippen LogP contribution in [0.3, 0.4) is 0 Å². The van der Waals surface area contributed by atoms with Crippen LogP contribution in [-0.4, -0.2) is 0 Å². The molecule has 0 saturated heterocycles. The maximum Gasteiger partial charge on any atom is -0.00951 e. The summed E-state index contributed by atoms with van der Waals surface area (Å²) in [5.41, 5.74) is 5.91. The molecule has 24 heavy (non-hydrogen) atoms. The van der Waals surface area contributed by atoms with Gasteiger partial charge in [-0.3, -0.25) is 0 Å². The standard InChI is InChI=1S/C24H40/c1-10-23(13-11-19(2)3)14-12-22(7)18-24(8,9)16-15-21(6)17-20(4)5/h10-13,15,20H,1,14,16-18H2,2-9H3. The Kier molecular flexibility index (Phi) is 10.7. The van der Waals surface area contributed by atoms with Crippen LogP contribution in [0.1, 0.15) is 81.1 Å². The summed E-state index contributed by atoms with van der Waals surface area (Å²) in [6.45, 7) is 22.0. The van der Waals surface area contributed by atoms with E-state index in [1.165, 1.54) is 28.7 Å². The van der Waals surface area contributed by atoms with Gasteiger partial charge in [0.1, 0.15) is 0 Å². The molecule has 0 fully saturated rings. The van der Waals surface area contributed by atoms with E-state index >= 15 is 0 Å². The average Bonchev–Trinajstić information content (AvgIpc) is 2.44. The third-order valence-electron chi connectivity index (χ3n) is 4.07. The quantitative estimate of drug-likeness (QED) is 0.280. The van der Waals surface area contributed by atoms with Crippen molar-refractivity contribution in [1.82, 2.24) is 0 Å². The lowest BCUT2D eigenvalue weighted by Gasteiger charge is -2.24. The molecule has 0 atom stereocenters. The summed E-state index contributed by atoms with van der Waals surface area (Å²) in [5, 5.41) is 0. The Morgan fingerprint density at radius 3 is 2.08 bits per heavy atom. The first-order valence-corrected chi connectivity index (χ1v) is 9.33. The first-order chi connectivity index (χ1) is 11.1. The summed E-state index contributed by atoms with van der Waals surface area (Å²) < 4.78 is 0. The predicted molar refractivity (Wildman–Crippen MR) is 112 cm³/mol. The van der Waals surface area contributed by atoms with E-state index in [-0.39, 0.29) is 0 Å². The maximum absolute atomic E-state index is 3.93. The maximum atomic E-state index is 3.93. The minimum absolute atomic E-state index is 0.316. The first-order valence-electron chi connectivity index (χ1n) is 9.33. The van der Waals surface area contributed by atoms with E-state index in [9.17, 15) is 0 Å². The molecule has 0 spiro atoms. The van der Waals surface area contributed by atoms with E-state index in [0.29, 0.717) is 5.41 Å². The summed E-state index contributed by atoms with van der Waals surface area (Å²) in [6, 6.07) is 0. The van der Waals surface area contributed by atoms with Crippen LogP contribution < -0.4 is 0 Å². The van der Waals surface area contributed by atoms with Gasteiger partial charge in [-0.25, -0.2) is 0 Å². The Balaban J connectivity index is 4.71. The normalized spacial score (nSPS) is 14.1. The number of hydrogen-bond acceptors (Lipinski definition) is 0. The van der Waals surface area contributed by atoms with Gasteiger partial charge in [-0.15, -0.1) is 0 Å². The molecule has 136 valence electrons. The average molecular weight is 329 g/mol. The smallest absolute Gasteiger partial charge is 0.00951 e. The fraction of sp³-hybridized carbons (Fsp3) is 0.583. The van der Waals surface area contributed by atoms with Gasteiger partial charge in [0, 0.05) is 0 Å². The molecule has 0 aromatic carbocycles. The molecular weight excluding hydrogens is 288 g/mol. The molecular formula is C24H40. The van der Waals surface area contributed by atoms with E-state index in [0.717, 1.165) is 25.2 Å². The van der Waals surface area contributed by atoms with Gasteiger partial charge in [0.15, 0.2) is 0 Å². The van der Waals surface area contributed by atoms with E-state index in [1.54, 1.807) is 0 Å². The molecule has 0 rings (SSSR count). The van der Waals surface area contributed by atoms with Crippen molar-refractivity contribution in [3.05, 3.63) is 59.3 Å². The Morgan fingerprint density at radius 2 is 1.58 bits per heavy atom. The van der Waals surface area contributed by atoms with E-state index in [2.05, 4.69) is 86.3 Å². The lowest BCUT2D eigenvalue weighted by Crippen LogP contribution is -2.11. The van der Waals surface area contributed by atoms with Crippen molar-refractivity contribution < 1.29 is 0 Å². The van der Waals surface area contributed by atoms with Crippen molar-refractivity contribution in [2.75, 3.05) is 0 Å². The molecule has 0 radical (unpaired) electrons. The largest absolute Gasteiger partial charge is 0.0988 e. The van der Waals surface area contributed by atoms with Crippen molar-refractivity contribution in [3.8, 4) is 0 Å². The Labute approximate surface area is 152 Å². The molecule has 0 unspecified atom stereocenters. The molecule has 0 nitrogen and oxygen atoms in total. The molecule has 0 heteroatoms. The second-order valence-electron chi connectivity index (χ2n) is 8.64. The van der Waals surface area contributed by atoms with Gasteiger partial charge in [0.25, 0.3) is 0 Å².